The molecule has 2 heterocycles. The van der Waals surface area contributed by atoms with Crippen molar-refractivity contribution in [2.24, 2.45) is 0 Å². The molecule has 6 atom stereocenters. The molecule has 1 spiro atoms. The number of rotatable bonds is 2. The van der Waals surface area contributed by atoms with Crippen LogP contribution in [-0.2, 0) is 11.8 Å². The molecule has 0 aromatic heterocycles. The molecule has 26 heavy (non-hydrogen) atoms. The SMILES string of the molecule is C=CC[N+]1(C)CC[C@]23c4c5ccc(O)c4O[C@H]2[C@@H](O)C=C[C@@]3(O)[C@H]1C5.[I-]. The first-order valence-corrected chi connectivity index (χ1v) is 8.94. The Morgan fingerprint density at radius 3 is 2.92 bits per heavy atom. The normalized spacial score (nSPS) is 43.9. The molecule has 0 saturated carbocycles. The first-order valence-electron chi connectivity index (χ1n) is 8.94. The van der Waals surface area contributed by atoms with E-state index in [0.717, 1.165) is 24.2 Å². The minimum atomic E-state index is -1.11. The van der Waals surface area contributed by atoms with E-state index >= 15 is 0 Å². The van der Waals surface area contributed by atoms with Crippen molar-refractivity contribution in [1.29, 1.82) is 0 Å². The molecule has 1 unspecified atom stereocenters. The molecular formula is C20H24INO4. The van der Waals surface area contributed by atoms with Gasteiger partial charge in [-0.3, -0.25) is 0 Å². The molecule has 6 heteroatoms. The Bertz CT molecular complexity index is 826. The molecule has 4 aliphatic rings. The van der Waals surface area contributed by atoms with E-state index in [4.69, 9.17) is 4.74 Å². The van der Waals surface area contributed by atoms with Gasteiger partial charge in [0.1, 0.15) is 23.9 Å². The summed E-state index contributed by atoms with van der Waals surface area (Å²) >= 11 is 0. The van der Waals surface area contributed by atoms with E-state index in [-0.39, 0.29) is 35.8 Å². The molecule has 0 amide bonds. The molecule has 2 bridgehead atoms. The number of hydrogen-bond donors (Lipinski definition) is 3. The third-order valence-electron chi connectivity index (χ3n) is 7.21. The molecule has 0 radical (unpaired) electrons. The number of aliphatic hydroxyl groups is 2. The Morgan fingerprint density at radius 1 is 1.42 bits per heavy atom. The number of hydrogen-bond acceptors (Lipinski definition) is 4. The molecule has 3 N–H and O–H groups in total. The number of likely N-dealkylation sites (N-methyl/N-ethyl adjacent to an activating group) is 1. The highest BCUT2D eigenvalue weighted by Crippen LogP contribution is 2.64. The Balaban J connectivity index is 0.00000168. The van der Waals surface area contributed by atoms with Crippen molar-refractivity contribution in [2.75, 3.05) is 20.1 Å². The highest BCUT2D eigenvalue weighted by atomic mass is 127. The number of aliphatic hydroxyl groups excluding tert-OH is 1. The number of halogens is 1. The van der Waals surface area contributed by atoms with Gasteiger partial charge in [-0.1, -0.05) is 18.7 Å². The zero-order chi connectivity index (χ0) is 17.6. The Morgan fingerprint density at radius 2 is 2.19 bits per heavy atom. The number of benzene rings is 1. The van der Waals surface area contributed by atoms with Crippen molar-refractivity contribution in [3.8, 4) is 11.5 Å². The molecule has 1 saturated heterocycles. The second-order valence-electron chi connectivity index (χ2n) is 8.28. The lowest BCUT2D eigenvalue weighted by atomic mass is 9.50. The Hall–Kier alpha value is -1.09. The van der Waals surface area contributed by atoms with Gasteiger partial charge in [-0.25, -0.2) is 0 Å². The highest BCUT2D eigenvalue weighted by molar-refractivity contribution is 5.63. The monoisotopic (exact) mass is 469 g/mol. The van der Waals surface area contributed by atoms with E-state index in [1.165, 1.54) is 0 Å². The lowest BCUT2D eigenvalue weighted by Crippen LogP contribution is -3.00. The van der Waals surface area contributed by atoms with Gasteiger partial charge in [0.05, 0.1) is 25.6 Å². The zero-order valence-corrected chi connectivity index (χ0v) is 16.9. The van der Waals surface area contributed by atoms with Crippen LogP contribution in [0.4, 0.5) is 0 Å². The van der Waals surface area contributed by atoms with Crippen LogP contribution in [-0.4, -0.2) is 63.8 Å². The molecular weight excluding hydrogens is 445 g/mol. The fraction of sp³-hybridized carbons (Fsp3) is 0.500. The maximum Gasteiger partial charge on any atom is 0.165 e. The maximum atomic E-state index is 12.0. The molecule has 2 aliphatic heterocycles. The van der Waals surface area contributed by atoms with Crippen LogP contribution < -0.4 is 28.7 Å². The summed E-state index contributed by atoms with van der Waals surface area (Å²) in [5.41, 5.74) is 0.204. The van der Waals surface area contributed by atoms with Gasteiger partial charge in [0, 0.05) is 18.4 Å². The lowest BCUT2D eigenvalue weighted by molar-refractivity contribution is -0.942. The first-order chi connectivity index (χ1) is 11.9. The number of ether oxygens (including phenoxy) is 1. The topological polar surface area (TPSA) is 69.9 Å². The molecule has 140 valence electrons. The van der Waals surface area contributed by atoms with E-state index in [2.05, 4.69) is 13.6 Å². The molecule has 1 aromatic carbocycles. The summed E-state index contributed by atoms with van der Waals surface area (Å²) in [6.07, 6.45) is 5.42. The van der Waals surface area contributed by atoms with Crippen LogP contribution in [0.25, 0.3) is 0 Å². The van der Waals surface area contributed by atoms with Gasteiger partial charge in [0.2, 0.25) is 0 Å². The van der Waals surface area contributed by atoms with Gasteiger partial charge in [-0.05, 0) is 23.8 Å². The standard InChI is InChI=1S/C20H23NO4.HI/c1-3-9-21(2)10-8-19-16-12-4-5-13(22)17(16)25-18(19)14(23)6-7-20(19,24)15(21)11-12;/h3-7,14-15,18,23-24H,1,8-11H2,2H3;1H/t14-,15+,18-,19-,20+,21?;/m0./s1. The van der Waals surface area contributed by atoms with Crippen molar-refractivity contribution in [3.05, 3.63) is 48.1 Å². The number of phenols is 1. The smallest absolute Gasteiger partial charge is 0.165 e. The summed E-state index contributed by atoms with van der Waals surface area (Å²) in [5, 5.41) is 32.9. The summed E-state index contributed by atoms with van der Waals surface area (Å²) in [4.78, 5) is 0. The van der Waals surface area contributed by atoms with Gasteiger partial charge in [0.25, 0.3) is 0 Å². The van der Waals surface area contributed by atoms with E-state index < -0.39 is 23.2 Å². The molecule has 1 fully saturated rings. The van der Waals surface area contributed by atoms with Crippen molar-refractivity contribution in [1.82, 2.24) is 0 Å². The van der Waals surface area contributed by atoms with Gasteiger partial charge >= 0.3 is 0 Å². The van der Waals surface area contributed by atoms with Crippen LogP contribution in [0.15, 0.2) is 36.9 Å². The average Bonchev–Trinajstić information content (AvgIpc) is 2.93. The van der Waals surface area contributed by atoms with Gasteiger partial charge in [-0.2, -0.15) is 0 Å². The number of likely N-dealkylation sites (tertiary alicyclic amines) is 1. The van der Waals surface area contributed by atoms with Crippen LogP contribution in [0.1, 0.15) is 17.5 Å². The van der Waals surface area contributed by atoms with Crippen LogP contribution in [0, 0.1) is 0 Å². The minimum absolute atomic E-state index is 0. The summed E-state index contributed by atoms with van der Waals surface area (Å²) < 4.78 is 6.79. The van der Waals surface area contributed by atoms with Gasteiger partial charge in [0.15, 0.2) is 11.5 Å². The highest BCUT2D eigenvalue weighted by Gasteiger charge is 2.75. The van der Waals surface area contributed by atoms with E-state index in [1.54, 1.807) is 18.2 Å². The number of nitrogens with zero attached hydrogens (tertiary/aromatic N) is 1. The number of quaternary nitrogens is 1. The van der Waals surface area contributed by atoms with Crippen molar-refractivity contribution < 1.29 is 48.5 Å². The fourth-order valence-corrected chi connectivity index (χ4v) is 6.08. The second-order valence-corrected chi connectivity index (χ2v) is 8.28. The number of piperidine rings is 1. The fourth-order valence-electron chi connectivity index (χ4n) is 6.08. The zero-order valence-electron chi connectivity index (χ0n) is 14.7. The third kappa shape index (κ3) is 1.81. The summed E-state index contributed by atoms with van der Waals surface area (Å²) in [7, 11) is 2.17. The van der Waals surface area contributed by atoms with E-state index in [1.807, 2.05) is 12.1 Å². The quantitative estimate of drug-likeness (QED) is 0.267. The van der Waals surface area contributed by atoms with Crippen LogP contribution in [0.5, 0.6) is 11.5 Å². The molecule has 5 rings (SSSR count). The average molecular weight is 469 g/mol. The van der Waals surface area contributed by atoms with E-state index in [0.29, 0.717) is 23.1 Å². The third-order valence-corrected chi connectivity index (χ3v) is 7.21. The summed E-state index contributed by atoms with van der Waals surface area (Å²) in [6, 6.07) is 3.57. The van der Waals surface area contributed by atoms with Gasteiger partial charge in [-0.15, -0.1) is 0 Å². The Kier molecular flexibility index (Phi) is 3.84. The maximum absolute atomic E-state index is 12.0. The van der Waals surface area contributed by atoms with Gasteiger partial charge < -0.3 is 48.5 Å². The second kappa shape index (κ2) is 5.47. The molecule has 5 nitrogen and oxygen atoms in total. The molecule has 2 aliphatic carbocycles. The van der Waals surface area contributed by atoms with Crippen molar-refractivity contribution >= 4 is 0 Å². The van der Waals surface area contributed by atoms with Crippen LogP contribution in [0.3, 0.4) is 0 Å². The van der Waals surface area contributed by atoms with Crippen LogP contribution >= 0.6 is 0 Å². The first kappa shape index (κ1) is 18.3. The number of aromatic hydroxyl groups is 1. The largest absolute Gasteiger partial charge is 1.00 e. The predicted octanol–water partition coefficient (Wildman–Crippen LogP) is -1.98. The molecule has 1 aromatic rings. The summed E-state index contributed by atoms with van der Waals surface area (Å²) in [5.74, 6) is 0.534. The van der Waals surface area contributed by atoms with Crippen LogP contribution in [0.2, 0.25) is 0 Å². The van der Waals surface area contributed by atoms with Crippen molar-refractivity contribution in [3.63, 3.8) is 0 Å². The van der Waals surface area contributed by atoms with Crippen molar-refractivity contribution in [2.45, 2.75) is 42.1 Å². The lowest BCUT2D eigenvalue weighted by Gasteiger charge is -2.63. The Labute approximate surface area is 170 Å². The van der Waals surface area contributed by atoms with E-state index in [9.17, 15) is 15.3 Å². The summed E-state index contributed by atoms with van der Waals surface area (Å²) in [6.45, 7) is 5.56. The number of phenolic OH excluding ortho intramolecular Hbond substituents is 1. The minimum Gasteiger partial charge on any atom is -1.00 e. The predicted molar refractivity (Wildman–Crippen MR) is 92.5 cm³/mol.